The quantitative estimate of drug-likeness (QED) is 0.569. The van der Waals surface area contributed by atoms with Gasteiger partial charge in [-0.2, -0.15) is 4.98 Å². The molecule has 5 heteroatoms. The predicted octanol–water partition coefficient (Wildman–Crippen LogP) is 4.91. The molecule has 3 aromatic rings. The summed E-state index contributed by atoms with van der Waals surface area (Å²) < 4.78 is 5.49. The van der Waals surface area contributed by atoms with Gasteiger partial charge in [-0.3, -0.25) is 4.90 Å². The van der Waals surface area contributed by atoms with Gasteiger partial charge in [-0.05, 0) is 74.4 Å². The predicted molar refractivity (Wildman–Crippen MR) is 110 cm³/mol. The van der Waals surface area contributed by atoms with E-state index in [2.05, 4.69) is 75.9 Å². The first-order valence-electron chi connectivity index (χ1n) is 9.53. The van der Waals surface area contributed by atoms with E-state index >= 15 is 0 Å². The number of rotatable bonds is 6. The smallest absolute Gasteiger partial charge is 0.241 e. The molecule has 0 N–H and O–H groups in total. The third kappa shape index (κ3) is 4.79. The molecular weight excluding hydrogens is 354 g/mol. The van der Waals surface area contributed by atoms with Crippen molar-refractivity contribution in [2.75, 3.05) is 19.3 Å². The summed E-state index contributed by atoms with van der Waals surface area (Å²) in [4.78, 5) is 8.25. The topological polar surface area (TPSA) is 42.2 Å². The van der Waals surface area contributed by atoms with E-state index in [-0.39, 0.29) is 0 Å². The van der Waals surface area contributed by atoms with Gasteiger partial charge in [-0.25, -0.2) is 0 Å². The Morgan fingerprint density at radius 1 is 1.04 bits per heavy atom. The first-order chi connectivity index (χ1) is 13.3. The van der Waals surface area contributed by atoms with E-state index in [9.17, 15) is 0 Å². The lowest BCUT2D eigenvalue weighted by Gasteiger charge is -2.31. The highest BCUT2D eigenvalue weighted by molar-refractivity contribution is 7.98. The molecule has 1 fully saturated rings. The van der Waals surface area contributed by atoms with Crippen LogP contribution in [-0.2, 0) is 13.0 Å². The van der Waals surface area contributed by atoms with E-state index in [0.29, 0.717) is 11.7 Å². The van der Waals surface area contributed by atoms with E-state index in [1.54, 1.807) is 11.8 Å². The van der Waals surface area contributed by atoms with Crippen molar-refractivity contribution >= 4 is 11.8 Å². The van der Waals surface area contributed by atoms with Crippen LogP contribution in [0.2, 0.25) is 0 Å². The van der Waals surface area contributed by atoms with Crippen LogP contribution in [0.5, 0.6) is 0 Å². The summed E-state index contributed by atoms with van der Waals surface area (Å²) >= 11 is 1.73. The van der Waals surface area contributed by atoms with Crippen molar-refractivity contribution in [1.29, 1.82) is 0 Å². The Bertz CT molecular complexity index is 840. The summed E-state index contributed by atoms with van der Waals surface area (Å²) in [6, 6.07) is 19.1. The number of benzene rings is 2. The Labute approximate surface area is 165 Å². The second kappa shape index (κ2) is 8.72. The second-order valence-electron chi connectivity index (χ2n) is 7.15. The van der Waals surface area contributed by atoms with Crippen molar-refractivity contribution in [2.45, 2.75) is 30.7 Å². The summed E-state index contributed by atoms with van der Waals surface area (Å²) in [5.74, 6) is 2.16. The van der Waals surface area contributed by atoms with Crippen LogP contribution in [0.25, 0.3) is 11.4 Å². The third-order valence-electron chi connectivity index (χ3n) is 5.25. The Morgan fingerprint density at radius 2 is 1.78 bits per heavy atom. The number of piperidine rings is 1. The molecule has 4 nitrogen and oxygen atoms in total. The lowest BCUT2D eigenvalue weighted by atomic mass is 9.90. The molecule has 4 rings (SSSR count). The number of thioether (sulfide) groups is 1. The van der Waals surface area contributed by atoms with Crippen molar-refractivity contribution < 1.29 is 4.52 Å². The van der Waals surface area contributed by atoms with Crippen molar-refractivity contribution in [3.63, 3.8) is 0 Å². The molecule has 0 saturated carbocycles. The molecule has 1 aromatic heterocycles. The Kier molecular flexibility index (Phi) is 5.90. The maximum absolute atomic E-state index is 5.49. The highest BCUT2D eigenvalue weighted by Gasteiger charge is 2.21. The van der Waals surface area contributed by atoms with Gasteiger partial charge in [-0.1, -0.05) is 35.5 Å². The monoisotopic (exact) mass is 379 g/mol. The van der Waals surface area contributed by atoms with Gasteiger partial charge >= 0.3 is 0 Å². The molecule has 1 aliphatic rings. The van der Waals surface area contributed by atoms with Gasteiger partial charge in [0.1, 0.15) is 0 Å². The number of hydrogen-bond donors (Lipinski definition) is 0. The van der Waals surface area contributed by atoms with Crippen LogP contribution in [0.15, 0.2) is 64.0 Å². The maximum atomic E-state index is 5.49. The average Bonchev–Trinajstić information content (AvgIpc) is 3.19. The molecule has 2 heterocycles. The van der Waals surface area contributed by atoms with E-state index in [1.165, 1.54) is 29.7 Å². The lowest BCUT2D eigenvalue weighted by molar-refractivity contribution is 0.159. The molecule has 140 valence electrons. The molecule has 1 aliphatic heterocycles. The van der Waals surface area contributed by atoms with E-state index in [1.807, 2.05) is 0 Å². The summed E-state index contributed by atoms with van der Waals surface area (Å²) in [6.07, 6.45) is 5.72. The van der Waals surface area contributed by atoms with Crippen LogP contribution in [0.1, 0.15) is 24.3 Å². The molecule has 1 saturated heterocycles. The fourth-order valence-corrected chi connectivity index (χ4v) is 4.07. The van der Waals surface area contributed by atoms with Crippen LogP contribution < -0.4 is 0 Å². The van der Waals surface area contributed by atoms with Gasteiger partial charge in [0.15, 0.2) is 0 Å². The summed E-state index contributed by atoms with van der Waals surface area (Å²) in [7, 11) is 0. The van der Waals surface area contributed by atoms with E-state index in [4.69, 9.17) is 4.52 Å². The average molecular weight is 380 g/mol. The number of likely N-dealkylation sites (tertiary alicyclic amines) is 1. The zero-order valence-electron chi connectivity index (χ0n) is 15.7. The molecule has 0 aliphatic carbocycles. The molecule has 0 atom stereocenters. The molecule has 0 unspecified atom stereocenters. The molecule has 2 aromatic carbocycles. The fraction of sp³-hybridized carbons (Fsp3) is 0.364. The summed E-state index contributed by atoms with van der Waals surface area (Å²) in [6.45, 7) is 2.93. The first kappa shape index (κ1) is 18.3. The number of nitrogens with zero attached hydrogens (tertiary/aromatic N) is 3. The zero-order valence-corrected chi connectivity index (χ0v) is 16.5. The van der Waals surface area contributed by atoms with Crippen molar-refractivity contribution in [3.8, 4) is 11.4 Å². The molecule has 0 amide bonds. The largest absolute Gasteiger partial charge is 0.338 e. The molecule has 0 bridgehead atoms. The van der Waals surface area contributed by atoms with Crippen molar-refractivity contribution in [3.05, 3.63) is 66.1 Å². The highest BCUT2D eigenvalue weighted by Crippen LogP contribution is 2.24. The minimum Gasteiger partial charge on any atom is -0.338 e. The van der Waals surface area contributed by atoms with Gasteiger partial charge in [0, 0.05) is 10.5 Å². The summed E-state index contributed by atoms with van der Waals surface area (Å²) in [5, 5.41) is 4.16. The van der Waals surface area contributed by atoms with Gasteiger partial charge in [0.05, 0.1) is 6.54 Å². The van der Waals surface area contributed by atoms with Crippen LogP contribution in [0.4, 0.5) is 0 Å². The fourth-order valence-electron chi connectivity index (χ4n) is 3.66. The molecule has 0 spiro atoms. The number of hydrogen-bond acceptors (Lipinski definition) is 5. The molecular formula is C22H25N3OS. The second-order valence-corrected chi connectivity index (χ2v) is 8.03. The SMILES string of the molecule is CSc1ccc(-c2noc(CN3CCC(Cc4ccccc4)CC3)n2)cc1. The van der Waals surface area contributed by atoms with Crippen molar-refractivity contribution in [1.82, 2.24) is 15.0 Å². The Morgan fingerprint density at radius 3 is 2.48 bits per heavy atom. The van der Waals surface area contributed by atoms with E-state index in [0.717, 1.165) is 31.1 Å². The number of aromatic nitrogens is 2. The van der Waals surface area contributed by atoms with Gasteiger partial charge < -0.3 is 4.52 Å². The minimum absolute atomic E-state index is 0.677. The Hall–Kier alpha value is -2.11. The van der Waals surface area contributed by atoms with Gasteiger partial charge in [-0.15, -0.1) is 11.8 Å². The van der Waals surface area contributed by atoms with Crippen LogP contribution in [0, 0.1) is 5.92 Å². The third-order valence-corrected chi connectivity index (χ3v) is 5.99. The van der Waals surface area contributed by atoms with Crippen LogP contribution in [-0.4, -0.2) is 34.4 Å². The molecule has 27 heavy (non-hydrogen) atoms. The minimum atomic E-state index is 0.677. The highest BCUT2D eigenvalue weighted by atomic mass is 32.2. The van der Waals surface area contributed by atoms with Crippen LogP contribution in [0.3, 0.4) is 0 Å². The van der Waals surface area contributed by atoms with Crippen molar-refractivity contribution in [2.24, 2.45) is 5.92 Å². The standard InChI is InChI=1S/C22H25N3OS/c1-27-20-9-7-19(8-10-20)22-23-21(26-24-22)16-25-13-11-18(12-14-25)15-17-5-3-2-4-6-17/h2-10,18H,11-16H2,1H3. The van der Waals surface area contributed by atoms with Gasteiger partial charge in [0.25, 0.3) is 0 Å². The molecule has 0 radical (unpaired) electrons. The van der Waals surface area contributed by atoms with Crippen LogP contribution >= 0.6 is 11.8 Å². The van der Waals surface area contributed by atoms with Gasteiger partial charge in [0.2, 0.25) is 11.7 Å². The lowest BCUT2D eigenvalue weighted by Crippen LogP contribution is -2.33. The Balaban J connectivity index is 1.30. The first-order valence-corrected chi connectivity index (χ1v) is 10.8. The maximum Gasteiger partial charge on any atom is 0.241 e. The summed E-state index contributed by atoms with van der Waals surface area (Å²) in [5.41, 5.74) is 2.45. The normalized spacial score (nSPS) is 15.9. The van der Waals surface area contributed by atoms with E-state index < -0.39 is 0 Å². The zero-order chi connectivity index (χ0) is 18.5.